The molecule has 0 aliphatic carbocycles. The second-order valence-corrected chi connectivity index (χ2v) is 16.8. The highest BCUT2D eigenvalue weighted by molar-refractivity contribution is 6.77. The van der Waals surface area contributed by atoms with Crippen LogP contribution in [0.3, 0.4) is 0 Å². The Morgan fingerprint density at radius 2 is 1.26 bits per heavy atom. The molecule has 1 heterocycles. The van der Waals surface area contributed by atoms with Gasteiger partial charge in [-0.05, 0) is 34.2 Å². The summed E-state index contributed by atoms with van der Waals surface area (Å²) in [5, 5.41) is 11.4. The molecule has 0 unspecified atom stereocenters. The van der Waals surface area contributed by atoms with Gasteiger partial charge in [0.15, 0.2) is 8.32 Å². The first-order chi connectivity index (χ1) is 18.2. The van der Waals surface area contributed by atoms with Crippen molar-refractivity contribution in [1.82, 2.24) is 0 Å². The average molecular weight is 541 g/mol. The molecule has 1 saturated heterocycles. The first-order valence-electron chi connectivity index (χ1n) is 14.1. The number of hydrogen-bond acceptors (Lipinski definition) is 5. The first kappa shape index (κ1) is 30.7. The molecule has 0 radical (unpaired) electrons. The van der Waals surface area contributed by atoms with Crippen LogP contribution in [0.25, 0.3) is 0 Å². The highest BCUT2D eigenvalue weighted by Crippen LogP contribution is 2.43. The lowest BCUT2D eigenvalue weighted by Crippen LogP contribution is -2.61. The zero-order valence-electron chi connectivity index (χ0n) is 24.1. The van der Waals surface area contributed by atoms with E-state index in [1.54, 1.807) is 6.08 Å². The van der Waals surface area contributed by atoms with Crippen LogP contribution in [-0.2, 0) is 31.9 Å². The molecule has 1 N–H and O–H groups in total. The van der Waals surface area contributed by atoms with Gasteiger partial charge in [0, 0.05) is 0 Å². The van der Waals surface area contributed by atoms with Gasteiger partial charge in [-0.3, -0.25) is 0 Å². The fourth-order valence-electron chi connectivity index (χ4n) is 6.15. The normalized spacial score (nSPS) is 24.3. The monoisotopic (exact) mass is 540 g/mol. The summed E-state index contributed by atoms with van der Waals surface area (Å²) in [6.07, 6.45) is -0.415. The molecule has 0 saturated carbocycles. The van der Waals surface area contributed by atoms with E-state index in [9.17, 15) is 5.11 Å². The van der Waals surface area contributed by atoms with E-state index in [0.29, 0.717) is 42.9 Å². The minimum absolute atomic E-state index is 0.379. The first-order valence-corrected chi connectivity index (χ1v) is 16.2. The lowest BCUT2D eigenvalue weighted by atomic mass is 9.93. The van der Waals surface area contributed by atoms with Gasteiger partial charge >= 0.3 is 0 Å². The van der Waals surface area contributed by atoms with Crippen molar-refractivity contribution >= 4 is 8.32 Å². The van der Waals surface area contributed by atoms with Gasteiger partial charge in [-0.25, -0.2) is 0 Å². The van der Waals surface area contributed by atoms with Gasteiger partial charge in [-0.1, -0.05) is 108 Å². The number of aliphatic hydroxyl groups excluding tert-OH is 1. The number of aliphatic hydroxyl groups is 1. The summed E-state index contributed by atoms with van der Waals surface area (Å²) in [7, 11) is -2.14. The Balaban J connectivity index is 1.90. The number of ether oxygens (including phenoxy) is 3. The van der Waals surface area contributed by atoms with Crippen LogP contribution in [0, 0.1) is 0 Å². The Morgan fingerprint density at radius 1 is 0.789 bits per heavy atom. The molecule has 0 aromatic heterocycles. The van der Waals surface area contributed by atoms with E-state index >= 15 is 0 Å². The highest BCUT2D eigenvalue weighted by atomic mass is 28.4. The maximum absolute atomic E-state index is 11.4. The molecule has 1 fully saturated rings. The van der Waals surface area contributed by atoms with Crippen molar-refractivity contribution in [3.63, 3.8) is 0 Å². The number of hydrogen-bond donors (Lipinski definition) is 1. The summed E-state index contributed by atoms with van der Waals surface area (Å²) < 4.78 is 26.5. The summed E-state index contributed by atoms with van der Waals surface area (Å²) in [6, 6.07) is 20.1. The molecular formula is C32H48O5Si. The predicted octanol–water partition coefficient (Wildman–Crippen LogP) is 7.05. The van der Waals surface area contributed by atoms with Crippen LogP contribution in [0.15, 0.2) is 73.3 Å². The molecule has 210 valence electrons. The van der Waals surface area contributed by atoms with Crippen LogP contribution >= 0.6 is 0 Å². The van der Waals surface area contributed by atoms with Crippen LogP contribution in [0.4, 0.5) is 0 Å². The zero-order valence-corrected chi connectivity index (χ0v) is 25.1. The molecule has 6 heteroatoms. The third-order valence-corrected chi connectivity index (χ3v) is 14.0. The second kappa shape index (κ2) is 14.5. The van der Waals surface area contributed by atoms with Crippen molar-refractivity contribution in [3.05, 3.63) is 84.4 Å². The van der Waals surface area contributed by atoms with Gasteiger partial charge in [0.05, 0.1) is 25.9 Å². The van der Waals surface area contributed by atoms with Crippen LogP contribution in [0.2, 0.25) is 16.6 Å². The Bertz CT molecular complexity index is 927. The molecular weight excluding hydrogens is 492 g/mol. The summed E-state index contributed by atoms with van der Waals surface area (Å²) in [5.74, 6) is 0. The van der Waals surface area contributed by atoms with Crippen LogP contribution in [0.1, 0.15) is 59.1 Å². The van der Waals surface area contributed by atoms with Crippen LogP contribution < -0.4 is 0 Å². The maximum atomic E-state index is 11.4. The molecule has 0 amide bonds. The molecule has 0 bridgehead atoms. The molecule has 2 aromatic rings. The summed E-state index contributed by atoms with van der Waals surface area (Å²) in [4.78, 5) is 0. The van der Waals surface area contributed by atoms with Gasteiger partial charge in [-0.15, -0.1) is 6.58 Å². The standard InChI is InChI=1S/C32H48O5Si/c1-8-15-28-30(33)32(35-21-27-18-13-10-14-19-27)31(34-20-26-16-11-9-12-17-26)29(37-28)22-36-38(23(2)3,24(4)5)25(6)7/h8-14,16-19,23-25,28-33H,1,15,20-22H2,2-7H3/t28-,29-,30+,31+,32+/m0/s1. The molecule has 2 aromatic carbocycles. The van der Waals surface area contributed by atoms with Crippen LogP contribution in [0.5, 0.6) is 0 Å². The van der Waals surface area contributed by atoms with Gasteiger partial charge in [0.25, 0.3) is 0 Å². The fourth-order valence-corrected chi connectivity index (χ4v) is 11.6. The lowest BCUT2D eigenvalue weighted by Gasteiger charge is -2.47. The molecule has 1 aliphatic rings. The zero-order chi connectivity index (χ0) is 27.7. The SMILES string of the molecule is C=CC[C@@H]1O[C@@H](CO[Si](C(C)C)(C(C)C)C(C)C)[C@@H](OCc2ccccc2)[C@H](OCc2ccccc2)[C@@H]1O. The minimum atomic E-state index is -2.14. The number of rotatable bonds is 14. The van der Waals surface area contributed by atoms with E-state index in [0.717, 1.165) is 11.1 Å². The summed E-state index contributed by atoms with van der Waals surface area (Å²) in [6.45, 7) is 18.8. The van der Waals surface area contributed by atoms with Crippen molar-refractivity contribution in [2.75, 3.05) is 6.61 Å². The van der Waals surface area contributed by atoms with Gasteiger partial charge in [-0.2, -0.15) is 0 Å². The summed E-state index contributed by atoms with van der Waals surface area (Å²) >= 11 is 0. The largest absolute Gasteiger partial charge is 0.413 e. The van der Waals surface area contributed by atoms with Gasteiger partial charge in [0.2, 0.25) is 0 Å². The second-order valence-electron chi connectivity index (χ2n) is 11.4. The third kappa shape index (κ3) is 7.43. The van der Waals surface area contributed by atoms with E-state index in [1.165, 1.54) is 0 Å². The Morgan fingerprint density at radius 3 is 1.71 bits per heavy atom. The highest BCUT2D eigenvalue weighted by Gasteiger charge is 2.50. The quantitative estimate of drug-likeness (QED) is 0.205. The Hall–Kier alpha value is -1.80. The molecule has 5 atom stereocenters. The number of benzene rings is 2. The topological polar surface area (TPSA) is 57.2 Å². The van der Waals surface area contributed by atoms with E-state index < -0.39 is 32.7 Å². The third-order valence-electron chi connectivity index (χ3n) is 7.93. The Labute approximate surface area is 231 Å². The summed E-state index contributed by atoms with van der Waals surface area (Å²) in [5.41, 5.74) is 3.47. The van der Waals surface area contributed by atoms with Crippen molar-refractivity contribution in [1.29, 1.82) is 0 Å². The van der Waals surface area contributed by atoms with Crippen molar-refractivity contribution in [2.45, 2.75) is 108 Å². The van der Waals surface area contributed by atoms with E-state index in [-0.39, 0.29) is 6.10 Å². The molecule has 5 nitrogen and oxygen atoms in total. The minimum Gasteiger partial charge on any atom is -0.413 e. The van der Waals surface area contributed by atoms with Gasteiger partial charge in [0.1, 0.15) is 24.4 Å². The predicted molar refractivity (Wildman–Crippen MR) is 157 cm³/mol. The Kier molecular flexibility index (Phi) is 11.8. The molecule has 0 spiro atoms. The van der Waals surface area contributed by atoms with E-state index in [4.69, 9.17) is 18.6 Å². The maximum Gasteiger partial charge on any atom is 0.200 e. The fraction of sp³-hybridized carbons (Fsp3) is 0.562. The van der Waals surface area contributed by atoms with Crippen molar-refractivity contribution < 1.29 is 23.7 Å². The molecule has 1 aliphatic heterocycles. The molecule has 38 heavy (non-hydrogen) atoms. The smallest absolute Gasteiger partial charge is 0.200 e. The van der Waals surface area contributed by atoms with E-state index in [2.05, 4.69) is 48.1 Å². The van der Waals surface area contributed by atoms with E-state index in [1.807, 2.05) is 60.7 Å². The average Bonchev–Trinajstić information content (AvgIpc) is 2.89. The molecule has 3 rings (SSSR count). The van der Waals surface area contributed by atoms with Gasteiger partial charge < -0.3 is 23.7 Å². The van der Waals surface area contributed by atoms with Crippen molar-refractivity contribution in [3.8, 4) is 0 Å². The van der Waals surface area contributed by atoms with Crippen molar-refractivity contribution in [2.24, 2.45) is 0 Å². The lowest BCUT2D eigenvalue weighted by molar-refractivity contribution is -0.256. The van der Waals surface area contributed by atoms with Crippen LogP contribution in [-0.4, -0.2) is 50.6 Å².